The van der Waals surface area contributed by atoms with Crippen LogP contribution in [0.15, 0.2) is 0 Å². The van der Waals surface area contributed by atoms with E-state index in [0.717, 1.165) is 102 Å². The summed E-state index contributed by atoms with van der Waals surface area (Å²) in [6.07, 6.45) is 62.5. The Kier molecular flexibility index (Phi) is 70.6. The van der Waals surface area contributed by atoms with Crippen LogP contribution in [0.5, 0.6) is 0 Å². The number of esters is 4. The van der Waals surface area contributed by atoms with Gasteiger partial charge in [0.1, 0.15) is 19.3 Å². The molecule has 0 spiro atoms. The smallest absolute Gasteiger partial charge is 0.462 e. The number of aliphatic hydroxyl groups excluding tert-OH is 1. The van der Waals surface area contributed by atoms with Crippen LogP contribution in [-0.2, 0) is 65.4 Å². The molecule has 19 heteroatoms. The number of rotatable bonds is 79. The molecule has 0 amide bonds. The van der Waals surface area contributed by atoms with Gasteiger partial charge in [0, 0.05) is 25.7 Å². The Bertz CT molecular complexity index is 1870. The van der Waals surface area contributed by atoms with E-state index >= 15 is 0 Å². The van der Waals surface area contributed by atoms with Gasteiger partial charge in [0.2, 0.25) is 0 Å². The highest BCUT2D eigenvalue weighted by Gasteiger charge is 2.30. The number of carbonyl (C=O) groups is 4. The summed E-state index contributed by atoms with van der Waals surface area (Å²) in [5, 5.41) is 10.6. The first kappa shape index (κ1) is 96.1. The molecule has 2 unspecified atom stereocenters. The zero-order chi connectivity index (χ0) is 71.9. The molecule has 17 nitrogen and oxygen atoms in total. The average Bonchev–Trinajstić information content (AvgIpc) is 1.77. The number of unbranched alkanes of at least 4 members (excludes halogenated alkanes) is 51. The Balaban J connectivity index is 5.20. The second kappa shape index (κ2) is 72.0. The van der Waals surface area contributed by atoms with Gasteiger partial charge >= 0.3 is 39.5 Å². The second-order valence-corrected chi connectivity index (χ2v) is 31.8. The second-order valence-electron chi connectivity index (χ2n) is 28.9. The fraction of sp³-hybridized carbons (Fsp3) is 0.949. The quantitative estimate of drug-likeness (QED) is 0.0222. The van der Waals surface area contributed by atoms with Crippen LogP contribution in [0.25, 0.3) is 0 Å². The molecule has 0 saturated carbocycles. The molecule has 5 atom stereocenters. The van der Waals surface area contributed by atoms with Crippen molar-refractivity contribution in [3.05, 3.63) is 0 Å². The molecule has 0 aliphatic carbocycles. The maximum absolute atomic E-state index is 13.1. The van der Waals surface area contributed by atoms with E-state index in [1.807, 2.05) is 0 Å². The highest BCUT2D eigenvalue weighted by Crippen LogP contribution is 2.45. The summed E-state index contributed by atoms with van der Waals surface area (Å²) in [6.45, 7) is 7.32. The van der Waals surface area contributed by atoms with Crippen molar-refractivity contribution in [2.45, 2.75) is 438 Å². The molecular formula is C79H154O17P2. The minimum Gasteiger partial charge on any atom is -0.462 e. The number of carbonyl (C=O) groups excluding carboxylic acids is 4. The Morgan fingerprint density at radius 2 is 0.469 bits per heavy atom. The summed E-state index contributed by atoms with van der Waals surface area (Å²) in [6, 6.07) is 0. The highest BCUT2D eigenvalue weighted by molar-refractivity contribution is 7.47. The average molecular weight is 1440 g/mol. The molecule has 582 valence electrons. The summed E-state index contributed by atoms with van der Waals surface area (Å²) >= 11 is 0. The standard InChI is InChI=1S/C79H154O17P2/c1-6-9-12-15-18-21-23-25-27-28-29-30-31-37-41-45-50-55-60-65-79(84)96-75(69-90-77(82)63-58-53-48-43-39-36-33-32-34-38-42-46-51-56-61-72(4)5)71-94-98(87,88)92-67-73(80)66-91-97(85,86)93-70-74(68-89-76(81)62-57-52-47-20-17-14-11-8-3)95-78(83)64-59-54-49-44-40-35-26-24-22-19-16-13-10-7-2/h72-75,80H,6-71H2,1-5H3,(H,85,86)(H,87,88)/t73-,74+,75+/m0/s1. The zero-order valence-electron chi connectivity index (χ0n) is 63.9. The van der Waals surface area contributed by atoms with E-state index < -0.39 is 97.5 Å². The summed E-state index contributed by atoms with van der Waals surface area (Å²) in [5.74, 6) is -1.31. The molecule has 0 aromatic carbocycles. The highest BCUT2D eigenvalue weighted by atomic mass is 31.2. The lowest BCUT2D eigenvalue weighted by Gasteiger charge is -2.21. The van der Waals surface area contributed by atoms with E-state index in [1.165, 1.54) is 238 Å². The van der Waals surface area contributed by atoms with Crippen molar-refractivity contribution in [2.75, 3.05) is 39.6 Å². The van der Waals surface area contributed by atoms with Crippen LogP contribution in [0.2, 0.25) is 0 Å². The number of phosphoric ester groups is 2. The van der Waals surface area contributed by atoms with Crippen LogP contribution >= 0.6 is 15.6 Å². The van der Waals surface area contributed by atoms with Crippen LogP contribution in [-0.4, -0.2) is 96.7 Å². The Hall–Kier alpha value is -1.94. The van der Waals surface area contributed by atoms with Crippen molar-refractivity contribution in [3.8, 4) is 0 Å². The van der Waals surface area contributed by atoms with Crippen LogP contribution in [0.1, 0.15) is 420 Å². The van der Waals surface area contributed by atoms with Crippen molar-refractivity contribution in [1.29, 1.82) is 0 Å². The summed E-state index contributed by atoms with van der Waals surface area (Å²) < 4.78 is 68.6. The molecule has 0 saturated heterocycles. The molecule has 0 aliphatic heterocycles. The molecule has 0 aromatic rings. The topological polar surface area (TPSA) is 237 Å². The molecular weight excluding hydrogens is 1280 g/mol. The number of hydrogen-bond acceptors (Lipinski definition) is 15. The van der Waals surface area contributed by atoms with Gasteiger partial charge in [-0.15, -0.1) is 0 Å². The summed E-state index contributed by atoms with van der Waals surface area (Å²) in [4.78, 5) is 72.9. The van der Waals surface area contributed by atoms with Crippen LogP contribution in [0.3, 0.4) is 0 Å². The lowest BCUT2D eigenvalue weighted by molar-refractivity contribution is -0.161. The zero-order valence-corrected chi connectivity index (χ0v) is 65.7. The first-order chi connectivity index (χ1) is 47.5. The van der Waals surface area contributed by atoms with Gasteiger partial charge in [-0.3, -0.25) is 37.3 Å². The lowest BCUT2D eigenvalue weighted by atomic mass is 10.0. The molecule has 0 fully saturated rings. The Morgan fingerprint density at radius 3 is 0.694 bits per heavy atom. The first-order valence-corrected chi connectivity index (χ1v) is 44.1. The SMILES string of the molecule is CCCCCCCCCCCCCCCCCCCCCC(=O)O[C@H](COC(=O)CCCCCCCCCCCCCCCCC(C)C)COP(=O)(O)OC[C@@H](O)COP(=O)(O)OC[C@@H](COC(=O)CCCCCCCCCC)OC(=O)CCCCCCCCCCCCCCCC. The third kappa shape index (κ3) is 72.4. The minimum absolute atomic E-state index is 0.108. The van der Waals surface area contributed by atoms with Gasteiger partial charge in [0.05, 0.1) is 26.4 Å². The molecule has 0 radical (unpaired) electrons. The third-order valence-electron chi connectivity index (χ3n) is 18.5. The van der Waals surface area contributed by atoms with Gasteiger partial charge in [0.25, 0.3) is 0 Å². The normalized spacial score (nSPS) is 13.9. The molecule has 98 heavy (non-hydrogen) atoms. The van der Waals surface area contributed by atoms with E-state index in [2.05, 4.69) is 34.6 Å². The molecule has 0 aliphatic rings. The molecule has 3 N–H and O–H groups in total. The van der Waals surface area contributed by atoms with Crippen molar-refractivity contribution in [3.63, 3.8) is 0 Å². The van der Waals surface area contributed by atoms with Gasteiger partial charge in [-0.2, -0.15) is 0 Å². The van der Waals surface area contributed by atoms with Gasteiger partial charge in [0.15, 0.2) is 12.2 Å². The Labute approximate surface area is 600 Å². The van der Waals surface area contributed by atoms with E-state index in [0.29, 0.717) is 25.7 Å². The number of phosphoric acid groups is 2. The molecule has 0 rings (SSSR count). The van der Waals surface area contributed by atoms with Crippen molar-refractivity contribution in [2.24, 2.45) is 5.92 Å². The van der Waals surface area contributed by atoms with Crippen molar-refractivity contribution in [1.82, 2.24) is 0 Å². The summed E-state index contributed by atoms with van der Waals surface area (Å²) in [5.41, 5.74) is 0. The van der Waals surface area contributed by atoms with Gasteiger partial charge < -0.3 is 33.8 Å². The van der Waals surface area contributed by atoms with Crippen LogP contribution in [0, 0.1) is 5.92 Å². The first-order valence-electron chi connectivity index (χ1n) is 41.1. The Morgan fingerprint density at radius 1 is 0.276 bits per heavy atom. The monoisotopic (exact) mass is 1440 g/mol. The van der Waals surface area contributed by atoms with Gasteiger partial charge in [-0.05, 0) is 31.6 Å². The van der Waals surface area contributed by atoms with E-state index in [4.69, 9.17) is 37.0 Å². The van der Waals surface area contributed by atoms with Crippen LogP contribution in [0.4, 0.5) is 0 Å². The minimum atomic E-state index is -4.96. The van der Waals surface area contributed by atoms with E-state index in [9.17, 15) is 43.2 Å². The fourth-order valence-electron chi connectivity index (χ4n) is 12.2. The lowest BCUT2D eigenvalue weighted by Crippen LogP contribution is -2.30. The maximum atomic E-state index is 13.1. The number of aliphatic hydroxyl groups is 1. The largest absolute Gasteiger partial charge is 0.472 e. The number of ether oxygens (including phenoxy) is 4. The van der Waals surface area contributed by atoms with E-state index in [-0.39, 0.29) is 25.7 Å². The van der Waals surface area contributed by atoms with Crippen molar-refractivity contribution >= 4 is 39.5 Å². The van der Waals surface area contributed by atoms with E-state index in [1.54, 1.807) is 0 Å². The molecule has 0 aromatic heterocycles. The van der Waals surface area contributed by atoms with Crippen LogP contribution < -0.4 is 0 Å². The fourth-order valence-corrected chi connectivity index (χ4v) is 13.8. The predicted molar refractivity (Wildman–Crippen MR) is 400 cm³/mol. The van der Waals surface area contributed by atoms with Gasteiger partial charge in [-0.25, -0.2) is 9.13 Å². The number of hydrogen-bond donors (Lipinski definition) is 3. The molecule has 0 heterocycles. The predicted octanol–water partition coefficient (Wildman–Crippen LogP) is 23.6. The molecule has 0 bridgehead atoms. The maximum Gasteiger partial charge on any atom is 0.472 e. The van der Waals surface area contributed by atoms with Crippen molar-refractivity contribution < 1.29 is 80.2 Å². The van der Waals surface area contributed by atoms with Gasteiger partial charge in [-0.1, -0.05) is 369 Å². The third-order valence-corrected chi connectivity index (χ3v) is 20.4. The summed E-state index contributed by atoms with van der Waals surface area (Å²) in [7, 11) is -9.91.